The van der Waals surface area contributed by atoms with Gasteiger partial charge in [-0.3, -0.25) is 4.79 Å². The van der Waals surface area contributed by atoms with Crippen molar-refractivity contribution in [3.63, 3.8) is 0 Å². The number of ether oxygens (including phenoxy) is 1. The molecule has 0 aliphatic carbocycles. The third kappa shape index (κ3) is 5.20. The summed E-state index contributed by atoms with van der Waals surface area (Å²) in [7, 11) is -2.11. The van der Waals surface area contributed by atoms with Gasteiger partial charge in [-0.25, -0.2) is 13.1 Å². The van der Waals surface area contributed by atoms with Crippen molar-refractivity contribution >= 4 is 37.5 Å². The predicted molar refractivity (Wildman–Crippen MR) is 80.5 cm³/mol. The lowest BCUT2D eigenvalue weighted by molar-refractivity contribution is -0.114. The molecule has 1 aromatic carbocycles. The van der Waals surface area contributed by atoms with E-state index < -0.39 is 10.0 Å². The van der Waals surface area contributed by atoms with E-state index >= 15 is 0 Å². The zero-order valence-corrected chi connectivity index (χ0v) is 13.6. The number of alkyl halides is 1. The molecule has 20 heavy (non-hydrogen) atoms. The molecule has 0 aliphatic heterocycles. The lowest BCUT2D eigenvalue weighted by atomic mass is 10.3. The van der Waals surface area contributed by atoms with Crippen LogP contribution in [0, 0.1) is 0 Å². The summed E-state index contributed by atoms with van der Waals surface area (Å²) in [6, 6.07) is 5.60. The number of carbonyl (C=O) groups is 1. The Morgan fingerprint density at radius 1 is 1.35 bits per heavy atom. The van der Waals surface area contributed by atoms with Crippen LogP contribution in [0.15, 0.2) is 29.2 Å². The molecule has 6 nitrogen and oxygen atoms in total. The molecule has 2 N–H and O–H groups in total. The Hall–Kier alpha value is -0.960. The van der Waals surface area contributed by atoms with Crippen LogP contribution in [0.4, 0.5) is 5.69 Å². The molecule has 0 aliphatic rings. The number of carbonyl (C=O) groups excluding carboxylic acids is 1. The van der Waals surface area contributed by atoms with Crippen LogP contribution >= 0.6 is 15.9 Å². The second-order valence-corrected chi connectivity index (χ2v) is 6.49. The Morgan fingerprint density at radius 2 is 1.95 bits per heavy atom. The van der Waals surface area contributed by atoms with Gasteiger partial charge in [-0.05, 0) is 24.3 Å². The van der Waals surface area contributed by atoms with E-state index in [4.69, 9.17) is 4.74 Å². The van der Waals surface area contributed by atoms with Gasteiger partial charge in [0.15, 0.2) is 0 Å². The van der Waals surface area contributed by atoms with Crippen LogP contribution in [0.1, 0.15) is 6.92 Å². The number of sulfonamides is 1. The number of halogens is 1. The van der Waals surface area contributed by atoms with Gasteiger partial charge in [0.2, 0.25) is 15.9 Å². The smallest absolute Gasteiger partial charge is 0.240 e. The van der Waals surface area contributed by atoms with Crippen LogP contribution in [0.3, 0.4) is 0 Å². The van der Waals surface area contributed by atoms with Crippen LogP contribution < -0.4 is 10.0 Å². The van der Waals surface area contributed by atoms with Gasteiger partial charge in [0.05, 0.1) is 17.5 Å². The van der Waals surface area contributed by atoms with Crippen LogP contribution in [0.2, 0.25) is 0 Å². The molecule has 0 aromatic heterocycles. The van der Waals surface area contributed by atoms with Gasteiger partial charge in [-0.2, -0.15) is 0 Å². The van der Waals surface area contributed by atoms with Gasteiger partial charge in [0, 0.05) is 25.1 Å². The van der Waals surface area contributed by atoms with E-state index in [0.29, 0.717) is 11.0 Å². The molecular weight excluding hydrogens is 348 g/mol. The van der Waals surface area contributed by atoms with E-state index in [2.05, 4.69) is 26.0 Å². The quantitative estimate of drug-likeness (QED) is 0.714. The lowest BCUT2D eigenvalue weighted by Gasteiger charge is -2.15. The minimum atomic E-state index is -3.61. The molecule has 0 saturated heterocycles. The first-order chi connectivity index (χ1) is 9.39. The monoisotopic (exact) mass is 364 g/mol. The van der Waals surface area contributed by atoms with Gasteiger partial charge in [0.25, 0.3) is 0 Å². The van der Waals surface area contributed by atoms with Crippen molar-refractivity contribution in [2.45, 2.75) is 17.9 Å². The Kier molecular flexibility index (Phi) is 6.60. The molecule has 1 rings (SSSR count). The molecule has 112 valence electrons. The molecule has 0 spiro atoms. The summed E-state index contributed by atoms with van der Waals surface area (Å²) >= 11 is 3.23. The van der Waals surface area contributed by atoms with Crippen molar-refractivity contribution in [1.29, 1.82) is 0 Å². The molecule has 1 aromatic rings. The second kappa shape index (κ2) is 7.72. The fourth-order valence-electron chi connectivity index (χ4n) is 1.52. The predicted octanol–water partition coefficient (Wildman–Crippen LogP) is 1.33. The number of anilines is 1. The zero-order chi connectivity index (χ0) is 15.2. The minimum Gasteiger partial charge on any atom is -0.383 e. The molecular formula is C12H17BrN2O4S. The van der Waals surface area contributed by atoms with E-state index in [0.717, 1.165) is 0 Å². The fraction of sp³-hybridized carbons (Fsp3) is 0.417. The van der Waals surface area contributed by atoms with E-state index in [-0.39, 0.29) is 23.5 Å². The molecule has 0 saturated carbocycles. The number of amides is 1. The zero-order valence-electron chi connectivity index (χ0n) is 11.2. The third-order valence-electron chi connectivity index (χ3n) is 2.36. The highest BCUT2D eigenvalue weighted by atomic mass is 79.9. The Labute approximate surface area is 127 Å². The molecule has 0 bridgehead atoms. The number of benzene rings is 1. The number of nitrogens with one attached hydrogen (secondary N) is 2. The van der Waals surface area contributed by atoms with Gasteiger partial charge < -0.3 is 10.1 Å². The summed E-state index contributed by atoms with van der Waals surface area (Å²) in [6.45, 7) is 1.66. The van der Waals surface area contributed by atoms with Crippen LogP contribution in [0.5, 0.6) is 0 Å². The maximum Gasteiger partial charge on any atom is 0.240 e. The van der Waals surface area contributed by atoms with Gasteiger partial charge in [-0.1, -0.05) is 15.9 Å². The average Bonchev–Trinajstić information content (AvgIpc) is 2.38. The summed E-state index contributed by atoms with van der Waals surface area (Å²) in [6.07, 6.45) is 0. The highest BCUT2D eigenvalue weighted by Crippen LogP contribution is 2.14. The topological polar surface area (TPSA) is 84.5 Å². The Morgan fingerprint density at radius 3 is 2.40 bits per heavy atom. The van der Waals surface area contributed by atoms with Crippen molar-refractivity contribution in [2.75, 3.05) is 24.4 Å². The van der Waals surface area contributed by atoms with E-state index in [1.165, 1.54) is 38.3 Å². The van der Waals surface area contributed by atoms with E-state index in [9.17, 15) is 13.2 Å². The molecule has 0 heterocycles. The van der Waals surface area contributed by atoms with E-state index in [1.54, 1.807) is 0 Å². The fourth-order valence-corrected chi connectivity index (χ4v) is 3.30. The summed E-state index contributed by atoms with van der Waals surface area (Å²) in [4.78, 5) is 11.0. The van der Waals surface area contributed by atoms with Crippen molar-refractivity contribution in [3.8, 4) is 0 Å². The number of rotatable bonds is 7. The average molecular weight is 365 g/mol. The number of methoxy groups -OCH3 is 1. The summed E-state index contributed by atoms with van der Waals surface area (Å²) in [5.41, 5.74) is 0.547. The second-order valence-electron chi connectivity index (χ2n) is 4.13. The third-order valence-corrected chi connectivity index (χ3v) is 4.68. The maximum atomic E-state index is 12.1. The maximum absolute atomic E-state index is 12.1. The first kappa shape index (κ1) is 17.1. The highest BCUT2D eigenvalue weighted by molar-refractivity contribution is 9.09. The first-order valence-electron chi connectivity index (χ1n) is 5.84. The number of hydrogen-bond donors (Lipinski definition) is 2. The SMILES string of the molecule is COCC(CBr)NS(=O)(=O)c1ccc(NC(C)=O)cc1. The van der Waals surface area contributed by atoms with Crippen molar-refractivity contribution in [3.05, 3.63) is 24.3 Å². The molecule has 0 fully saturated rings. The molecule has 1 atom stereocenters. The lowest BCUT2D eigenvalue weighted by Crippen LogP contribution is -2.39. The van der Waals surface area contributed by atoms with Crippen molar-refractivity contribution in [2.24, 2.45) is 0 Å². The first-order valence-corrected chi connectivity index (χ1v) is 8.44. The summed E-state index contributed by atoms with van der Waals surface area (Å²) in [5.74, 6) is -0.210. The normalized spacial score (nSPS) is 12.9. The van der Waals surface area contributed by atoms with Crippen LogP contribution in [0.25, 0.3) is 0 Å². The molecule has 1 unspecified atom stereocenters. The summed E-state index contributed by atoms with van der Waals surface area (Å²) < 4.78 is 31.7. The molecule has 1 amide bonds. The van der Waals surface area contributed by atoms with Crippen LogP contribution in [-0.4, -0.2) is 39.4 Å². The van der Waals surface area contributed by atoms with E-state index in [1.807, 2.05) is 0 Å². The molecule has 0 radical (unpaired) electrons. The van der Waals surface area contributed by atoms with Gasteiger partial charge in [0.1, 0.15) is 0 Å². The number of hydrogen-bond acceptors (Lipinski definition) is 4. The Bertz CT molecular complexity index is 545. The summed E-state index contributed by atoms with van der Waals surface area (Å²) in [5, 5.41) is 3.02. The van der Waals surface area contributed by atoms with Crippen LogP contribution in [-0.2, 0) is 19.6 Å². The minimum absolute atomic E-state index is 0.133. The van der Waals surface area contributed by atoms with Gasteiger partial charge >= 0.3 is 0 Å². The van der Waals surface area contributed by atoms with Gasteiger partial charge in [-0.15, -0.1) is 0 Å². The Balaban J connectivity index is 2.84. The largest absolute Gasteiger partial charge is 0.383 e. The standard InChI is InChI=1S/C12H17BrN2O4S/c1-9(16)14-10-3-5-12(6-4-10)20(17,18)15-11(7-13)8-19-2/h3-6,11,15H,7-8H2,1-2H3,(H,14,16). The van der Waals surface area contributed by atoms with Crippen molar-refractivity contribution in [1.82, 2.24) is 4.72 Å². The highest BCUT2D eigenvalue weighted by Gasteiger charge is 2.19. The van der Waals surface area contributed by atoms with Crippen molar-refractivity contribution < 1.29 is 17.9 Å². The molecule has 8 heteroatoms.